The van der Waals surface area contributed by atoms with Gasteiger partial charge in [0.15, 0.2) is 11.2 Å². The summed E-state index contributed by atoms with van der Waals surface area (Å²) in [7, 11) is -12.4. The molecule has 0 radical (unpaired) electrons. The predicted octanol–water partition coefficient (Wildman–Crippen LogP) is 4.78. The second kappa shape index (κ2) is 21.7. The number of phosphoric acid groups is 5. The van der Waals surface area contributed by atoms with Gasteiger partial charge in [0.2, 0.25) is 5.91 Å². The van der Waals surface area contributed by atoms with E-state index in [1.54, 1.807) is 24.3 Å². The van der Waals surface area contributed by atoms with Gasteiger partial charge in [-0.3, -0.25) is 82.3 Å². The SMILES string of the molecule is CC(=O)NC12COP(=O)(OC1)OC2.CC(=O)OC12COP(=O)(OC1)OC2.CN(C)C12COP(=O)(OC1)OC2.O=C(OC12COP(=O)(OC1)OC2)c1ccccc1.O=P12OCC(Nc3ccccc3)(CO1)CO2. The second-order valence-electron chi connectivity index (χ2n) is 17.9. The maximum atomic E-state index is 11.9. The van der Waals surface area contributed by atoms with Crippen LogP contribution in [0.25, 0.3) is 0 Å². The van der Waals surface area contributed by atoms with E-state index in [1.165, 1.54) is 13.8 Å². The van der Waals surface area contributed by atoms with Crippen molar-refractivity contribution in [3.05, 3.63) is 66.2 Å². The van der Waals surface area contributed by atoms with Crippen LogP contribution in [-0.2, 0) is 110 Å². The van der Waals surface area contributed by atoms with Gasteiger partial charge in [0.25, 0.3) is 0 Å². The molecule has 0 aliphatic carbocycles. The monoisotopic (exact) mass is 1120 g/mol. The smallest absolute Gasteiger partial charge is 0.452 e. The van der Waals surface area contributed by atoms with Crippen LogP contribution in [-0.4, -0.2) is 164 Å². The standard InChI is InChI=1S/C11H11O6P.C10H12NO4P.C6H10NO5P.C6H12NO4P.C6H9O6P/c12-10(9-4-2-1-3-5-9)17-11-6-14-18(13,15-7-11)16-8-11;12-16-13-6-10(7-14-16,8-15-16)11-9-4-2-1-3-5-9;1-5(8)7-6-2-10-13(9,11-3-6)12-4-6;1-7(2)6-3-9-12(8,10-4-6)11-5-6;1-5(7)12-6-2-9-13(8,10-3-6)11-4-6/h1-5H,6-8H2;1-5,11H,6-8H2;2-4H2,1H3,(H,7,8);3-5H2,1-2H3;2-4H2,1H3. The molecule has 400 valence electrons. The lowest BCUT2D eigenvalue weighted by Gasteiger charge is -2.47. The average Bonchev–Trinajstić information content (AvgIpc) is 3.37. The Morgan fingerprint density at radius 3 is 1.12 bits per heavy atom. The maximum Gasteiger partial charge on any atom is 0.475 e. The van der Waals surface area contributed by atoms with Gasteiger partial charge in [0.1, 0.15) is 50.7 Å². The number of esters is 2. The first-order valence-electron chi connectivity index (χ1n) is 21.9. The number of amides is 1. The van der Waals surface area contributed by atoms with Crippen molar-refractivity contribution < 1.29 is 115 Å². The van der Waals surface area contributed by atoms with E-state index in [0.717, 1.165) is 5.69 Å². The van der Waals surface area contributed by atoms with Crippen LogP contribution in [0.5, 0.6) is 0 Å². The van der Waals surface area contributed by atoms with Crippen LogP contribution in [0.1, 0.15) is 24.2 Å². The number of para-hydroxylation sites is 1. The molecular formula is C39H54N3O25P5. The minimum atomic E-state index is -3.38. The molecule has 0 atom stereocenters. The number of hydrogen-bond donors (Lipinski definition) is 2. The Labute approximate surface area is 412 Å². The van der Waals surface area contributed by atoms with E-state index in [-0.39, 0.29) is 70.9 Å². The Balaban J connectivity index is 0.000000121. The summed E-state index contributed by atoms with van der Waals surface area (Å²) in [4.78, 5) is 35.4. The van der Waals surface area contributed by atoms with Gasteiger partial charge < -0.3 is 20.1 Å². The van der Waals surface area contributed by atoms with Gasteiger partial charge in [-0.2, -0.15) is 0 Å². The molecule has 15 saturated heterocycles. The Hall–Kier alpha value is -2.84. The number of anilines is 1. The summed E-state index contributed by atoms with van der Waals surface area (Å²) < 4.78 is 141. The zero-order chi connectivity index (χ0) is 51.6. The summed E-state index contributed by atoms with van der Waals surface area (Å²) in [6, 6.07) is 18.3. The molecule has 2 aromatic carbocycles. The largest absolute Gasteiger partial charge is 0.475 e. The van der Waals surface area contributed by atoms with Gasteiger partial charge in [0, 0.05) is 19.5 Å². The number of fused-ring (bicyclic) bond motifs is 15. The van der Waals surface area contributed by atoms with Gasteiger partial charge in [-0.15, -0.1) is 0 Å². The van der Waals surface area contributed by atoms with Crippen molar-refractivity contribution in [1.82, 2.24) is 10.2 Å². The summed E-state index contributed by atoms with van der Waals surface area (Å²) in [5, 5.41) is 5.97. The average molecular weight is 1120 g/mol. The highest BCUT2D eigenvalue weighted by molar-refractivity contribution is 7.49. The van der Waals surface area contributed by atoms with Crippen LogP contribution < -0.4 is 10.6 Å². The summed E-state index contributed by atoms with van der Waals surface area (Å²) in [6.07, 6.45) is 0. The molecule has 1 amide bonds. The first kappa shape index (κ1) is 55.4. The summed E-state index contributed by atoms with van der Waals surface area (Å²) in [5.41, 5.74) is -1.82. The first-order valence-corrected chi connectivity index (χ1v) is 29.2. The number of nitrogens with one attached hydrogen (secondary N) is 2. The van der Waals surface area contributed by atoms with Crippen LogP contribution in [0, 0.1) is 0 Å². The first-order chi connectivity index (χ1) is 34.0. The van der Waals surface area contributed by atoms with E-state index < -0.39 is 73.3 Å². The van der Waals surface area contributed by atoms with E-state index in [1.807, 2.05) is 55.4 Å². The highest BCUT2D eigenvalue weighted by atomic mass is 31.2. The highest BCUT2D eigenvalue weighted by Gasteiger charge is 2.56. The van der Waals surface area contributed by atoms with Crippen LogP contribution in [0.3, 0.4) is 0 Å². The third-order valence-electron chi connectivity index (χ3n) is 11.6. The zero-order valence-corrected chi connectivity index (χ0v) is 43.7. The normalized spacial score (nSPS) is 40.2. The molecular weight excluding hydrogens is 1070 g/mol. The fourth-order valence-corrected chi connectivity index (χ4v) is 14.4. The minimum absolute atomic E-state index is 0.0306. The fraction of sp³-hybridized carbons (Fsp3) is 0.615. The van der Waals surface area contributed by atoms with Crippen molar-refractivity contribution in [2.24, 2.45) is 0 Å². The van der Waals surface area contributed by atoms with Crippen molar-refractivity contribution in [3.63, 3.8) is 0 Å². The minimum Gasteiger partial charge on any atom is -0.452 e. The molecule has 33 heteroatoms. The predicted molar refractivity (Wildman–Crippen MR) is 242 cm³/mol. The molecule has 72 heavy (non-hydrogen) atoms. The van der Waals surface area contributed by atoms with Crippen LogP contribution in [0.2, 0.25) is 0 Å². The molecule has 15 heterocycles. The Kier molecular flexibility index (Phi) is 16.7. The molecule has 10 bridgehead atoms. The van der Waals surface area contributed by atoms with Gasteiger partial charge in [-0.05, 0) is 38.4 Å². The Bertz CT molecular complexity index is 2340. The molecule has 0 aromatic heterocycles. The third-order valence-corrected chi connectivity index (χ3v) is 18.3. The van der Waals surface area contributed by atoms with Crippen molar-refractivity contribution in [1.29, 1.82) is 0 Å². The zero-order valence-electron chi connectivity index (χ0n) is 39.3. The number of rotatable bonds is 7. The lowest BCUT2D eigenvalue weighted by atomic mass is 10.0. The van der Waals surface area contributed by atoms with E-state index in [0.29, 0.717) is 45.2 Å². The van der Waals surface area contributed by atoms with E-state index >= 15 is 0 Å². The van der Waals surface area contributed by atoms with Crippen molar-refractivity contribution in [2.75, 3.05) is 119 Å². The van der Waals surface area contributed by atoms with Crippen LogP contribution >= 0.6 is 39.1 Å². The van der Waals surface area contributed by atoms with Crippen molar-refractivity contribution in [3.8, 4) is 0 Å². The lowest BCUT2D eigenvalue weighted by molar-refractivity contribution is -0.194. The number of hydrogen-bond acceptors (Lipinski definition) is 27. The van der Waals surface area contributed by atoms with Gasteiger partial charge in [-0.25, -0.2) is 27.6 Å². The van der Waals surface area contributed by atoms with E-state index in [2.05, 4.69) is 10.6 Å². The molecule has 15 fully saturated rings. The number of phosphoric ester groups is 5. The molecule has 17 rings (SSSR count). The van der Waals surface area contributed by atoms with Crippen molar-refractivity contribution >= 4 is 62.6 Å². The van der Waals surface area contributed by atoms with E-state index in [9.17, 15) is 37.2 Å². The summed E-state index contributed by atoms with van der Waals surface area (Å²) in [6.45, 7) is 5.88. The fourth-order valence-electron chi connectivity index (χ4n) is 7.29. The molecule has 0 spiro atoms. The Morgan fingerprint density at radius 2 is 0.778 bits per heavy atom. The molecule has 0 unspecified atom stereocenters. The van der Waals surface area contributed by atoms with Crippen molar-refractivity contribution in [2.45, 2.75) is 41.7 Å². The lowest BCUT2D eigenvalue weighted by Crippen LogP contribution is -2.61. The van der Waals surface area contributed by atoms with Crippen LogP contribution in [0.4, 0.5) is 5.69 Å². The molecule has 0 saturated carbocycles. The number of carbonyl (C=O) groups is 3. The molecule has 2 N–H and O–H groups in total. The topological polar surface area (TPSA) is 321 Å². The number of carbonyl (C=O) groups excluding carboxylic acids is 3. The van der Waals surface area contributed by atoms with E-state index in [4.69, 9.17) is 77.3 Å². The molecule has 15 aliphatic rings. The number of benzene rings is 2. The summed E-state index contributed by atoms with van der Waals surface area (Å²) >= 11 is 0. The number of ether oxygens (including phenoxy) is 2. The Morgan fingerprint density at radius 1 is 0.458 bits per heavy atom. The molecule has 15 aliphatic heterocycles. The summed E-state index contributed by atoms with van der Waals surface area (Å²) in [5.74, 6) is -1.10. The second-order valence-corrected chi connectivity index (χ2v) is 26.2. The molecule has 28 nitrogen and oxygen atoms in total. The number of likely N-dealkylation sites (N-methyl/N-ethyl adjacent to an activating group) is 1. The van der Waals surface area contributed by atoms with Crippen LogP contribution in [0.15, 0.2) is 60.7 Å². The van der Waals surface area contributed by atoms with Gasteiger partial charge in [-0.1, -0.05) is 36.4 Å². The number of nitrogens with zero attached hydrogens (tertiary/aromatic N) is 1. The molecule has 2 aromatic rings. The highest BCUT2D eigenvalue weighted by Crippen LogP contribution is 2.61. The quantitative estimate of drug-likeness (QED) is 0.278. The van der Waals surface area contributed by atoms with Gasteiger partial charge >= 0.3 is 51.1 Å². The third kappa shape index (κ3) is 13.4. The van der Waals surface area contributed by atoms with Gasteiger partial charge in [0.05, 0.1) is 70.6 Å². The maximum absolute atomic E-state index is 11.9.